The molecule has 5 rings (SSSR count). The lowest BCUT2D eigenvalue weighted by atomic mass is 9.85. The number of rotatable bonds is 2. The van der Waals surface area contributed by atoms with Crippen LogP contribution in [-0.4, -0.2) is 46.7 Å². The van der Waals surface area contributed by atoms with E-state index in [1.807, 2.05) is 36.4 Å². The summed E-state index contributed by atoms with van der Waals surface area (Å²) in [7, 11) is 3.92. The molecule has 2 aromatic carbocycles. The summed E-state index contributed by atoms with van der Waals surface area (Å²) in [6.45, 7) is 2.12. The van der Waals surface area contributed by atoms with Crippen LogP contribution in [0.25, 0.3) is 22.3 Å². The van der Waals surface area contributed by atoms with Crippen molar-refractivity contribution >= 4 is 28.2 Å². The number of fused-ring (bicyclic) bond motifs is 2. The van der Waals surface area contributed by atoms with Crippen LogP contribution in [0.4, 0.5) is 5.69 Å². The average molecular weight is 367 g/mol. The minimum Gasteiger partial charge on any atom is -0.364 e. The summed E-state index contributed by atoms with van der Waals surface area (Å²) in [5, 5.41) is 1.29. The molecular formula is C20H19ClN4O. The van der Waals surface area contributed by atoms with Gasteiger partial charge >= 0.3 is 0 Å². The number of hydrogen-bond acceptors (Lipinski definition) is 4. The van der Waals surface area contributed by atoms with Crippen molar-refractivity contribution in [3.8, 4) is 11.4 Å². The van der Waals surface area contributed by atoms with Crippen LogP contribution in [0.3, 0.4) is 0 Å². The molecule has 3 aromatic rings. The van der Waals surface area contributed by atoms with Crippen molar-refractivity contribution in [2.75, 3.05) is 25.0 Å². The Labute approximate surface area is 156 Å². The zero-order valence-corrected chi connectivity index (χ0v) is 15.4. The standard InChI is InChI=1S/C20H19ClN4O/c1-23-10-18-17(23)11-25(18)14-6-7-16-15(9-14)20(26)24(2)19(22-16)12-4-3-5-13(21)8-12/h3-9,17-18H,10-11H2,1-2H3/t17-,18?/m1/s1. The number of aromatic nitrogens is 2. The first kappa shape index (κ1) is 15.9. The fourth-order valence-electron chi connectivity index (χ4n) is 4.09. The van der Waals surface area contributed by atoms with Crippen LogP contribution in [0, 0.1) is 0 Å². The normalized spacial score (nSPS) is 22.0. The number of hydrogen-bond donors (Lipinski definition) is 0. The van der Waals surface area contributed by atoms with Crippen molar-refractivity contribution in [1.29, 1.82) is 0 Å². The monoisotopic (exact) mass is 366 g/mol. The maximum atomic E-state index is 13.0. The van der Waals surface area contributed by atoms with E-state index < -0.39 is 0 Å². The molecule has 0 radical (unpaired) electrons. The highest BCUT2D eigenvalue weighted by Crippen LogP contribution is 2.36. The highest BCUT2D eigenvalue weighted by atomic mass is 35.5. The number of anilines is 1. The minimum atomic E-state index is -0.0328. The Morgan fingerprint density at radius 2 is 1.92 bits per heavy atom. The van der Waals surface area contributed by atoms with Gasteiger partial charge in [0.2, 0.25) is 0 Å². The molecule has 2 saturated heterocycles. The molecule has 3 heterocycles. The van der Waals surface area contributed by atoms with Crippen LogP contribution >= 0.6 is 11.6 Å². The van der Waals surface area contributed by atoms with E-state index in [0.717, 1.165) is 29.9 Å². The Hall–Kier alpha value is -2.37. The van der Waals surface area contributed by atoms with Gasteiger partial charge in [-0.05, 0) is 37.4 Å². The molecule has 1 aromatic heterocycles. The zero-order valence-electron chi connectivity index (χ0n) is 14.7. The predicted octanol–water partition coefficient (Wildman–Crippen LogP) is 2.76. The first-order chi connectivity index (χ1) is 12.5. The summed E-state index contributed by atoms with van der Waals surface area (Å²) in [4.78, 5) is 22.5. The van der Waals surface area contributed by atoms with E-state index in [1.54, 1.807) is 11.6 Å². The van der Waals surface area contributed by atoms with Gasteiger partial charge in [0.1, 0.15) is 5.82 Å². The van der Waals surface area contributed by atoms with Gasteiger partial charge < -0.3 is 4.90 Å². The van der Waals surface area contributed by atoms with Gasteiger partial charge in [-0.15, -0.1) is 0 Å². The van der Waals surface area contributed by atoms with Crippen LogP contribution in [-0.2, 0) is 7.05 Å². The van der Waals surface area contributed by atoms with Crippen molar-refractivity contribution in [2.24, 2.45) is 7.05 Å². The molecule has 2 atom stereocenters. The van der Waals surface area contributed by atoms with E-state index in [4.69, 9.17) is 16.6 Å². The lowest BCUT2D eigenvalue weighted by molar-refractivity contribution is 0.0369. The lowest BCUT2D eigenvalue weighted by Crippen LogP contribution is -2.78. The van der Waals surface area contributed by atoms with Crippen LogP contribution in [0.1, 0.15) is 0 Å². The SMILES string of the molecule is CN1CC2[C@H]1CN2c1ccc2nc(-c3cccc(Cl)c3)n(C)c(=O)c2c1. The van der Waals surface area contributed by atoms with Gasteiger partial charge in [0.05, 0.1) is 16.9 Å². The summed E-state index contributed by atoms with van der Waals surface area (Å²) in [5.41, 5.74) is 2.64. The van der Waals surface area contributed by atoms with E-state index >= 15 is 0 Å². The van der Waals surface area contributed by atoms with E-state index in [-0.39, 0.29) is 5.56 Å². The smallest absolute Gasteiger partial charge is 0.261 e. The third kappa shape index (κ3) is 2.20. The lowest BCUT2D eigenvalue weighted by Gasteiger charge is -2.62. The topological polar surface area (TPSA) is 41.4 Å². The molecule has 5 nitrogen and oxygen atoms in total. The third-order valence-electron chi connectivity index (χ3n) is 5.74. The fourth-order valence-corrected chi connectivity index (χ4v) is 4.28. The van der Waals surface area contributed by atoms with Crippen molar-refractivity contribution in [2.45, 2.75) is 12.1 Å². The Kier molecular flexibility index (Phi) is 3.39. The molecule has 0 amide bonds. The number of nitrogens with zero attached hydrogens (tertiary/aromatic N) is 4. The van der Waals surface area contributed by atoms with E-state index in [1.165, 1.54) is 0 Å². The largest absolute Gasteiger partial charge is 0.364 e. The molecule has 2 aliphatic heterocycles. The molecule has 2 fully saturated rings. The highest BCUT2D eigenvalue weighted by Gasteiger charge is 2.49. The molecular weight excluding hydrogens is 348 g/mol. The summed E-state index contributed by atoms with van der Waals surface area (Å²) in [6, 6.07) is 14.7. The van der Waals surface area contributed by atoms with Gasteiger partial charge in [0.25, 0.3) is 5.56 Å². The molecule has 0 aliphatic carbocycles. The number of benzene rings is 2. The van der Waals surface area contributed by atoms with Gasteiger partial charge in [-0.25, -0.2) is 4.98 Å². The Bertz CT molecular complexity index is 1090. The Morgan fingerprint density at radius 1 is 1.08 bits per heavy atom. The van der Waals surface area contributed by atoms with Crippen molar-refractivity contribution < 1.29 is 0 Å². The van der Waals surface area contributed by atoms with Crippen LogP contribution < -0.4 is 10.5 Å². The van der Waals surface area contributed by atoms with Crippen molar-refractivity contribution in [3.05, 3.63) is 57.8 Å². The number of likely N-dealkylation sites (N-methyl/N-ethyl adjacent to an activating group) is 1. The number of piperazine rings is 1. The van der Waals surface area contributed by atoms with E-state index in [9.17, 15) is 4.79 Å². The quantitative estimate of drug-likeness (QED) is 0.699. The van der Waals surface area contributed by atoms with E-state index in [2.05, 4.69) is 22.9 Å². The molecule has 0 saturated carbocycles. The highest BCUT2D eigenvalue weighted by molar-refractivity contribution is 6.30. The molecule has 2 aliphatic rings. The van der Waals surface area contributed by atoms with Gasteiger partial charge in [-0.2, -0.15) is 0 Å². The predicted molar refractivity (Wildman–Crippen MR) is 105 cm³/mol. The maximum Gasteiger partial charge on any atom is 0.261 e. The molecule has 0 N–H and O–H groups in total. The zero-order chi connectivity index (χ0) is 18.0. The Balaban J connectivity index is 1.59. The second-order valence-corrected chi connectivity index (χ2v) is 7.67. The van der Waals surface area contributed by atoms with Gasteiger partial charge in [0.15, 0.2) is 0 Å². The molecule has 132 valence electrons. The Morgan fingerprint density at radius 3 is 2.62 bits per heavy atom. The fraction of sp³-hybridized carbons (Fsp3) is 0.300. The summed E-state index contributed by atoms with van der Waals surface area (Å²) in [6.07, 6.45) is 0. The average Bonchev–Trinajstić information content (AvgIpc) is 2.62. The third-order valence-corrected chi connectivity index (χ3v) is 5.98. The van der Waals surface area contributed by atoms with E-state index in [0.29, 0.717) is 28.3 Å². The molecule has 1 unspecified atom stereocenters. The van der Waals surface area contributed by atoms with Gasteiger partial charge in [0, 0.05) is 42.5 Å². The summed E-state index contributed by atoms with van der Waals surface area (Å²) < 4.78 is 1.60. The second kappa shape index (κ2) is 5.56. The second-order valence-electron chi connectivity index (χ2n) is 7.24. The van der Waals surface area contributed by atoms with Gasteiger partial charge in [-0.1, -0.05) is 23.7 Å². The van der Waals surface area contributed by atoms with Crippen molar-refractivity contribution in [3.63, 3.8) is 0 Å². The summed E-state index contributed by atoms with van der Waals surface area (Å²) >= 11 is 6.10. The summed E-state index contributed by atoms with van der Waals surface area (Å²) in [5.74, 6) is 0.627. The minimum absolute atomic E-state index is 0.0328. The van der Waals surface area contributed by atoms with Crippen LogP contribution in [0.15, 0.2) is 47.3 Å². The van der Waals surface area contributed by atoms with Crippen molar-refractivity contribution in [1.82, 2.24) is 14.5 Å². The molecule has 26 heavy (non-hydrogen) atoms. The maximum absolute atomic E-state index is 13.0. The molecule has 6 heteroatoms. The van der Waals surface area contributed by atoms with Gasteiger partial charge in [-0.3, -0.25) is 14.3 Å². The molecule has 0 spiro atoms. The van der Waals surface area contributed by atoms with Crippen LogP contribution in [0.5, 0.6) is 0 Å². The number of halogens is 1. The van der Waals surface area contributed by atoms with Crippen LogP contribution in [0.2, 0.25) is 5.02 Å². The number of likely N-dealkylation sites (tertiary alicyclic amines) is 1. The molecule has 0 bridgehead atoms. The first-order valence-electron chi connectivity index (χ1n) is 8.76. The first-order valence-corrected chi connectivity index (χ1v) is 9.14.